The first kappa shape index (κ1) is 24.3. The van der Waals surface area contributed by atoms with Crippen LogP contribution in [0.15, 0.2) is 78.9 Å². The fourth-order valence-corrected chi connectivity index (χ4v) is 2.91. The Morgan fingerprint density at radius 1 is 0.618 bits per heavy atom. The van der Waals surface area contributed by atoms with E-state index in [4.69, 9.17) is 23.7 Å². The van der Waals surface area contributed by atoms with Gasteiger partial charge in [-0.1, -0.05) is 36.4 Å². The standard InChI is InChI=1S/C26H24O8/c1-30-21-13-20(14-22(15-21)31-2)25(28)33-17-23(34-26(29)19-11-7-4-8-12-19)16-32-24(27)18-9-5-3-6-10-18/h3-15,23H,16-17H2,1-2H3. The lowest BCUT2D eigenvalue weighted by Gasteiger charge is -2.18. The van der Waals surface area contributed by atoms with E-state index in [0.29, 0.717) is 22.6 Å². The van der Waals surface area contributed by atoms with Crippen LogP contribution in [0.25, 0.3) is 0 Å². The zero-order valence-corrected chi connectivity index (χ0v) is 18.8. The molecule has 0 N–H and O–H groups in total. The number of rotatable bonds is 10. The molecular formula is C26H24O8. The van der Waals surface area contributed by atoms with Crippen molar-refractivity contribution in [2.75, 3.05) is 27.4 Å². The lowest BCUT2D eigenvalue weighted by Crippen LogP contribution is -2.31. The maximum absolute atomic E-state index is 12.6. The number of esters is 3. The minimum Gasteiger partial charge on any atom is -0.497 e. The number of hydrogen-bond acceptors (Lipinski definition) is 8. The van der Waals surface area contributed by atoms with Crippen LogP contribution >= 0.6 is 0 Å². The van der Waals surface area contributed by atoms with Gasteiger partial charge in [-0.2, -0.15) is 0 Å². The molecule has 0 aliphatic rings. The molecule has 0 radical (unpaired) electrons. The highest BCUT2D eigenvalue weighted by atomic mass is 16.6. The van der Waals surface area contributed by atoms with Crippen LogP contribution in [0.1, 0.15) is 31.1 Å². The van der Waals surface area contributed by atoms with Crippen LogP contribution in [0.2, 0.25) is 0 Å². The monoisotopic (exact) mass is 464 g/mol. The Morgan fingerprint density at radius 3 is 1.53 bits per heavy atom. The summed E-state index contributed by atoms with van der Waals surface area (Å²) in [6.07, 6.45) is -1.03. The molecule has 8 nitrogen and oxygen atoms in total. The van der Waals surface area contributed by atoms with Gasteiger partial charge in [-0.15, -0.1) is 0 Å². The molecule has 176 valence electrons. The van der Waals surface area contributed by atoms with E-state index in [9.17, 15) is 14.4 Å². The molecule has 0 aromatic heterocycles. The van der Waals surface area contributed by atoms with E-state index in [1.807, 2.05) is 0 Å². The highest BCUT2D eigenvalue weighted by molar-refractivity contribution is 5.91. The largest absolute Gasteiger partial charge is 0.497 e. The fourth-order valence-electron chi connectivity index (χ4n) is 2.91. The summed E-state index contributed by atoms with van der Waals surface area (Å²) >= 11 is 0. The molecule has 3 aromatic rings. The summed E-state index contributed by atoms with van der Waals surface area (Å²) < 4.78 is 26.4. The smallest absolute Gasteiger partial charge is 0.338 e. The number of carbonyl (C=O) groups excluding carboxylic acids is 3. The van der Waals surface area contributed by atoms with Gasteiger partial charge in [0.05, 0.1) is 30.9 Å². The summed E-state index contributed by atoms with van der Waals surface area (Å²) in [7, 11) is 2.92. The molecule has 0 fully saturated rings. The lowest BCUT2D eigenvalue weighted by molar-refractivity contribution is -0.0253. The van der Waals surface area contributed by atoms with E-state index in [0.717, 1.165) is 0 Å². The van der Waals surface area contributed by atoms with Gasteiger partial charge < -0.3 is 23.7 Å². The van der Waals surface area contributed by atoms with Crippen molar-refractivity contribution < 1.29 is 38.1 Å². The van der Waals surface area contributed by atoms with Gasteiger partial charge in [0.1, 0.15) is 24.7 Å². The van der Waals surface area contributed by atoms with Gasteiger partial charge in [0, 0.05) is 6.07 Å². The average molecular weight is 464 g/mol. The van der Waals surface area contributed by atoms with Gasteiger partial charge in [-0.3, -0.25) is 0 Å². The maximum Gasteiger partial charge on any atom is 0.338 e. The summed E-state index contributed by atoms with van der Waals surface area (Å²) in [4.78, 5) is 37.4. The zero-order chi connectivity index (χ0) is 24.3. The fraction of sp³-hybridized carbons (Fsp3) is 0.192. The molecule has 0 spiro atoms. The highest BCUT2D eigenvalue weighted by Crippen LogP contribution is 2.23. The number of methoxy groups -OCH3 is 2. The van der Waals surface area contributed by atoms with E-state index in [1.54, 1.807) is 66.7 Å². The predicted octanol–water partition coefficient (Wildman–Crippen LogP) is 3.94. The van der Waals surface area contributed by atoms with Gasteiger partial charge in [0.15, 0.2) is 6.10 Å². The van der Waals surface area contributed by atoms with E-state index in [2.05, 4.69) is 0 Å². The van der Waals surface area contributed by atoms with Crippen molar-refractivity contribution in [3.8, 4) is 11.5 Å². The number of ether oxygens (including phenoxy) is 5. The van der Waals surface area contributed by atoms with Crippen LogP contribution in [-0.4, -0.2) is 51.4 Å². The van der Waals surface area contributed by atoms with Crippen LogP contribution < -0.4 is 9.47 Å². The summed E-state index contributed by atoms with van der Waals surface area (Å²) in [6.45, 7) is -0.639. The molecule has 0 heterocycles. The molecular weight excluding hydrogens is 440 g/mol. The Morgan fingerprint density at radius 2 is 1.06 bits per heavy atom. The van der Waals surface area contributed by atoms with Crippen molar-refractivity contribution in [1.29, 1.82) is 0 Å². The number of carbonyl (C=O) groups is 3. The summed E-state index contributed by atoms with van der Waals surface area (Å²) in [5.74, 6) is -1.09. The van der Waals surface area contributed by atoms with Crippen molar-refractivity contribution in [2.24, 2.45) is 0 Å². The van der Waals surface area contributed by atoms with E-state index in [-0.39, 0.29) is 18.8 Å². The topological polar surface area (TPSA) is 97.4 Å². The number of hydrogen-bond donors (Lipinski definition) is 0. The van der Waals surface area contributed by atoms with Crippen molar-refractivity contribution in [1.82, 2.24) is 0 Å². The quantitative estimate of drug-likeness (QED) is 0.329. The first-order valence-corrected chi connectivity index (χ1v) is 10.4. The van der Waals surface area contributed by atoms with Crippen LogP contribution in [0, 0.1) is 0 Å². The number of benzene rings is 3. The van der Waals surface area contributed by atoms with Gasteiger partial charge in [0.25, 0.3) is 0 Å². The molecule has 8 heteroatoms. The average Bonchev–Trinajstić information content (AvgIpc) is 2.90. The Hall–Kier alpha value is -4.33. The lowest BCUT2D eigenvalue weighted by atomic mass is 10.2. The normalized spacial score (nSPS) is 11.1. The van der Waals surface area contributed by atoms with Crippen molar-refractivity contribution >= 4 is 17.9 Å². The molecule has 1 atom stereocenters. The molecule has 34 heavy (non-hydrogen) atoms. The van der Waals surface area contributed by atoms with Gasteiger partial charge in [0.2, 0.25) is 0 Å². The molecule has 0 bridgehead atoms. The summed E-state index contributed by atoms with van der Waals surface area (Å²) in [5.41, 5.74) is 0.840. The second-order valence-corrected chi connectivity index (χ2v) is 7.06. The van der Waals surface area contributed by atoms with E-state index >= 15 is 0 Å². The second-order valence-electron chi connectivity index (χ2n) is 7.06. The first-order chi connectivity index (χ1) is 16.5. The van der Waals surface area contributed by atoms with Crippen LogP contribution in [-0.2, 0) is 14.2 Å². The Bertz CT molecular complexity index is 1090. The van der Waals surface area contributed by atoms with Crippen molar-refractivity contribution in [3.63, 3.8) is 0 Å². The van der Waals surface area contributed by atoms with Crippen LogP contribution in [0.3, 0.4) is 0 Å². The Kier molecular flexibility index (Phi) is 8.62. The van der Waals surface area contributed by atoms with Crippen molar-refractivity contribution in [2.45, 2.75) is 6.10 Å². The summed E-state index contributed by atoms with van der Waals surface area (Å²) in [6, 6.07) is 21.3. The summed E-state index contributed by atoms with van der Waals surface area (Å²) in [5, 5.41) is 0. The van der Waals surface area contributed by atoms with E-state index in [1.165, 1.54) is 26.4 Å². The zero-order valence-electron chi connectivity index (χ0n) is 18.8. The first-order valence-electron chi connectivity index (χ1n) is 10.4. The van der Waals surface area contributed by atoms with Gasteiger partial charge in [-0.25, -0.2) is 14.4 Å². The van der Waals surface area contributed by atoms with Crippen molar-refractivity contribution in [3.05, 3.63) is 95.6 Å². The third kappa shape index (κ3) is 6.83. The molecule has 3 rings (SSSR count). The van der Waals surface area contributed by atoms with Crippen LogP contribution in [0.5, 0.6) is 11.5 Å². The van der Waals surface area contributed by atoms with Gasteiger partial charge >= 0.3 is 17.9 Å². The molecule has 0 aliphatic carbocycles. The Labute approximate surface area is 197 Å². The third-order valence-electron chi connectivity index (χ3n) is 4.68. The maximum atomic E-state index is 12.6. The SMILES string of the molecule is COc1cc(OC)cc(C(=O)OCC(COC(=O)c2ccccc2)OC(=O)c2ccccc2)c1. The molecule has 0 amide bonds. The minimum atomic E-state index is -1.03. The molecule has 3 aromatic carbocycles. The van der Waals surface area contributed by atoms with Gasteiger partial charge in [-0.05, 0) is 36.4 Å². The molecule has 1 unspecified atom stereocenters. The minimum absolute atomic E-state index is 0.186. The Balaban J connectivity index is 1.69. The molecule has 0 aliphatic heterocycles. The second kappa shape index (κ2) is 12.1. The molecule has 0 saturated heterocycles. The highest BCUT2D eigenvalue weighted by Gasteiger charge is 2.22. The van der Waals surface area contributed by atoms with Crippen LogP contribution in [0.4, 0.5) is 0 Å². The third-order valence-corrected chi connectivity index (χ3v) is 4.68. The molecule has 0 saturated carbocycles. The van der Waals surface area contributed by atoms with E-state index < -0.39 is 24.0 Å². The predicted molar refractivity (Wildman–Crippen MR) is 122 cm³/mol.